The molecule has 0 spiro atoms. The molecule has 1 aromatic heterocycles. The molecule has 6 nitrogen and oxygen atoms in total. The van der Waals surface area contributed by atoms with Crippen LogP contribution >= 0.6 is 0 Å². The number of carbonyl (C=O) groups is 1. The van der Waals surface area contributed by atoms with E-state index in [1.807, 2.05) is 17.0 Å². The lowest BCUT2D eigenvalue weighted by Crippen LogP contribution is -2.55. The summed E-state index contributed by atoms with van der Waals surface area (Å²) in [6.07, 6.45) is 5.55. The highest BCUT2D eigenvalue weighted by Gasteiger charge is 2.38. The maximum absolute atomic E-state index is 12.6. The average Bonchev–Trinajstić information content (AvgIpc) is 3.39. The molecule has 2 aromatic rings. The SMILES string of the molecule is Cn1c(=O)oc2cc(C3CCN(C(=O)NCCC4CC4)C(C)(C)C3)ccc21. The summed E-state index contributed by atoms with van der Waals surface area (Å²) in [5.74, 6) is 0.850. The van der Waals surface area contributed by atoms with E-state index in [9.17, 15) is 9.59 Å². The number of nitrogens with zero attached hydrogens (tertiary/aromatic N) is 2. The third kappa shape index (κ3) is 3.62. The van der Waals surface area contributed by atoms with Crippen molar-refractivity contribution >= 4 is 17.1 Å². The Morgan fingerprint density at radius 1 is 1.30 bits per heavy atom. The highest BCUT2D eigenvalue weighted by molar-refractivity contribution is 5.75. The van der Waals surface area contributed by atoms with Crippen LogP contribution in [0.25, 0.3) is 11.1 Å². The average molecular weight is 371 g/mol. The van der Waals surface area contributed by atoms with Crippen molar-refractivity contribution in [1.29, 1.82) is 0 Å². The van der Waals surface area contributed by atoms with Crippen LogP contribution in [0.5, 0.6) is 0 Å². The number of rotatable bonds is 4. The molecule has 0 bridgehead atoms. The molecule has 2 aliphatic rings. The number of aromatic nitrogens is 1. The van der Waals surface area contributed by atoms with E-state index in [0.29, 0.717) is 11.5 Å². The van der Waals surface area contributed by atoms with Crippen molar-refractivity contribution in [2.75, 3.05) is 13.1 Å². The van der Waals surface area contributed by atoms with E-state index in [1.54, 1.807) is 7.05 Å². The van der Waals surface area contributed by atoms with Crippen molar-refractivity contribution in [3.05, 3.63) is 34.3 Å². The topological polar surface area (TPSA) is 67.5 Å². The smallest absolute Gasteiger partial charge is 0.408 e. The number of fused-ring (bicyclic) bond motifs is 1. The van der Waals surface area contributed by atoms with E-state index in [0.717, 1.165) is 43.8 Å². The number of oxazole rings is 1. The largest absolute Gasteiger partial charge is 0.419 e. The van der Waals surface area contributed by atoms with Gasteiger partial charge in [-0.15, -0.1) is 0 Å². The van der Waals surface area contributed by atoms with Gasteiger partial charge in [0.2, 0.25) is 0 Å². The van der Waals surface area contributed by atoms with E-state index >= 15 is 0 Å². The maximum Gasteiger partial charge on any atom is 0.419 e. The second-order valence-electron chi connectivity index (χ2n) is 8.77. The predicted octanol–water partition coefficient (Wildman–Crippen LogP) is 3.60. The van der Waals surface area contributed by atoms with Gasteiger partial charge < -0.3 is 14.6 Å². The standard InChI is InChI=1S/C21H29N3O3/c1-21(2)13-16(9-11-24(21)19(25)22-10-8-14-4-5-14)15-6-7-17-18(12-15)27-20(26)23(17)3/h6-7,12,14,16H,4-5,8-11,13H2,1-3H3,(H,22,25). The molecule has 1 N–H and O–H groups in total. The van der Waals surface area contributed by atoms with Crippen molar-refractivity contribution in [3.8, 4) is 0 Å². The Hall–Kier alpha value is -2.24. The summed E-state index contributed by atoms with van der Waals surface area (Å²) in [5, 5.41) is 3.10. The van der Waals surface area contributed by atoms with Crippen molar-refractivity contribution in [1.82, 2.24) is 14.8 Å². The number of nitrogens with one attached hydrogen (secondary N) is 1. The number of piperidine rings is 1. The lowest BCUT2D eigenvalue weighted by Gasteiger charge is -2.45. The van der Waals surface area contributed by atoms with Crippen LogP contribution in [0.2, 0.25) is 0 Å². The molecule has 1 unspecified atom stereocenters. The van der Waals surface area contributed by atoms with Gasteiger partial charge in [0.25, 0.3) is 0 Å². The Balaban J connectivity index is 1.44. The molecule has 1 saturated heterocycles. The van der Waals surface area contributed by atoms with E-state index in [4.69, 9.17) is 4.42 Å². The molecule has 1 aromatic carbocycles. The van der Waals surface area contributed by atoms with Crippen LogP contribution in [-0.4, -0.2) is 34.1 Å². The van der Waals surface area contributed by atoms with Crippen molar-refractivity contribution in [2.24, 2.45) is 13.0 Å². The summed E-state index contributed by atoms with van der Waals surface area (Å²) in [6, 6.07) is 6.09. The first kappa shape index (κ1) is 18.1. The molecule has 27 heavy (non-hydrogen) atoms. The first-order valence-corrected chi connectivity index (χ1v) is 10.00. The maximum atomic E-state index is 12.6. The summed E-state index contributed by atoms with van der Waals surface area (Å²) < 4.78 is 6.87. The predicted molar refractivity (Wildman–Crippen MR) is 105 cm³/mol. The van der Waals surface area contributed by atoms with Crippen LogP contribution in [0.3, 0.4) is 0 Å². The number of benzene rings is 1. The molecule has 6 heteroatoms. The molecule has 0 radical (unpaired) electrons. The van der Waals surface area contributed by atoms with Crippen LogP contribution in [0.4, 0.5) is 4.79 Å². The fraction of sp³-hybridized carbons (Fsp3) is 0.619. The van der Waals surface area contributed by atoms with Gasteiger partial charge in [-0.1, -0.05) is 18.9 Å². The van der Waals surface area contributed by atoms with Gasteiger partial charge in [0.15, 0.2) is 5.58 Å². The minimum atomic E-state index is -0.333. The van der Waals surface area contributed by atoms with Gasteiger partial charge in [-0.25, -0.2) is 9.59 Å². The number of amides is 2. The number of aryl methyl sites for hydroxylation is 1. The Morgan fingerprint density at radius 2 is 2.07 bits per heavy atom. The van der Waals surface area contributed by atoms with Gasteiger partial charge in [0.05, 0.1) is 5.52 Å². The number of carbonyl (C=O) groups excluding carboxylic acids is 1. The molecule has 4 rings (SSSR count). The molecule has 1 aliphatic carbocycles. The van der Waals surface area contributed by atoms with Crippen LogP contribution in [-0.2, 0) is 7.05 Å². The minimum absolute atomic E-state index is 0.0589. The Kier molecular flexibility index (Phi) is 4.52. The van der Waals surface area contributed by atoms with E-state index in [2.05, 4.69) is 25.2 Å². The van der Waals surface area contributed by atoms with Gasteiger partial charge in [-0.2, -0.15) is 0 Å². The molecular formula is C21H29N3O3. The zero-order valence-corrected chi connectivity index (χ0v) is 16.5. The molecule has 2 heterocycles. The molecule has 1 aliphatic heterocycles. The third-order valence-corrected chi connectivity index (χ3v) is 6.24. The zero-order valence-electron chi connectivity index (χ0n) is 16.5. The van der Waals surface area contributed by atoms with Crippen molar-refractivity contribution in [2.45, 2.75) is 57.4 Å². The normalized spacial score (nSPS) is 22.2. The van der Waals surface area contributed by atoms with Gasteiger partial charge in [-0.05, 0) is 62.6 Å². The molecular weight excluding hydrogens is 342 g/mol. The lowest BCUT2D eigenvalue weighted by atomic mass is 9.79. The summed E-state index contributed by atoms with van der Waals surface area (Å²) in [4.78, 5) is 26.3. The van der Waals surface area contributed by atoms with Crippen LogP contribution in [0, 0.1) is 5.92 Å². The molecule has 1 atom stereocenters. The summed E-state index contributed by atoms with van der Waals surface area (Å²) in [6.45, 7) is 5.80. The van der Waals surface area contributed by atoms with E-state index in [-0.39, 0.29) is 17.3 Å². The van der Waals surface area contributed by atoms with Gasteiger partial charge >= 0.3 is 11.8 Å². The minimum Gasteiger partial charge on any atom is -0.408 e. The van der Waals surface area contributed by atoms with Gasteiger partial charge in [0, 0.05) is 25.7 Å². The quantitative estimate of drug-likeness (QED) is 0.893. The Bertz CT molecular complexity index is 907. The second-order valence-corrected chi connectivity index (χ2v) is 8.77. The van der Waals surface area contributed by atoms with E-state index in [1.165, 1.54) is 23.0 Å². The first-order valence-electron chi connectivity index (χ1n) is 10.00. The number of urea groups is 1. The van der Waals surface area contributed by atoms with Crippen molar-refractivity contribution < 1.29 is 9.21 Å². The van der Waals surface area contributed by atoms with Crippen LogP contribution < -0.4 is 11.1 Å². The molecule has 2 fully saturated rings. The van der Waals surface area contributed by atoms with Crippen LogP contribution in [0.1, 0.15) is 57.4 Å². The fourth-order valence-corrected chi connectivity index (χ4v) is 4.35. The monoisotopic (exact) mass is 371 g/mol. The highest BCUT2D eigenvalue weighted by atomic mass is 16.4. The molecule has 1 saturated carbocycles. The molecule has 146 valence electrons. The van der Waals surface area contributed by atoms with Gasteiger partial charge in [0.1, 0.15) is 0 Å². The first-order chi connectivity index (χ1) is 12.8. The lowest BCUT2D eigenvalue weighted by molar-refractivity contribution is 0.0924. The Morgan fingerprint density at radius 3 is 2.78 bits per heavy atom. The van der Waals surface area contributed by atoms with Gasteiger partial charge in [-0.3, -0.25) is 4.57 Å². The second kappa shape index (κ2) is 6.73. The van der Waals surface area contributed by atoms with Crippen molar-refractivity contribution in [3.63, 3.8) is 0 Å². The van der Waals surface area contributed by atoms with Crippen LogP contribution in [0.15, 0.2) is 27.4 Å². The number of hydrogen-bond acceptors (Lipinski definition) is 3. The number of likely N-dealkylation sites (tertiary alicyclic amines) is 1. The third-order valence-electron chi connectivity index (χ3n) is 6.24. The zero-order chi connectivity index (χ0) is 19.2. The summed E-state index contributed by atoms with van der Waals surface area (Å²) >= 11 is 0. The highest BCUT2D eigenvalue weighted by Crippen LogP contribution is 2.38. The number of hydrogen-bond donors (Lipinski definition) is 1. The molecule has 2 amide bonds. The Labute approximate surface area is 159 Å². The summed E-state index contributed by atoms with van der Waals surface area (Å²) in [5.41, 5.74) is 2.42. The van der Waals surface area contributed by atoms with E-state index < -0.39 is 0 Å². The fourth-order valence-electron chi connectivity index (χ4n) is 4.35. The summed E-state index contributed by atoms with van der Waals surface area (Å²) in [7, 11) is 1.72.